The number of aryl methyl sites for hydroxylation is 1. The van der Waals surface area contributed by atoms with E-state index < -0.39 is 0 Å². The molecule has 38 heavy (non-hydrogen) atoms. The van der Waals surface area contributed by atoms with Gasteiger partial charge in [0.2, 0.25) is 5.91 Å². The van der Waals surface area contributed by atoms with Gasteiger partial charge in [-0.15, -0.1) is 23.1 Å². The molecule has 1 aliphatic carbocycles. The summed E-state index contributed by atoms with van der Waals surface area (Å²) in [6.45, 7) is 8.24. The molecular formula is C30H34N2O4S2. The highest BCUT2D eigenvalue weighted by Gasteiger charge is 2.30. The fourth-order valence-electron chi connectivity index (χ4n) is 4.49. The van der Waals surface area contributed by atoms with Gasteiger partial charge in [-0.3, -0.25) is 9.59 Å². The largest absolute Gasteiger partial charge is 0.462 e. The van der Waals surface area contributed by atoms with E-state index in [0.29, 0.717) is 34.2 Å². The molecule has 6 nitrogen and oxygen atoms in total. The number of anilines is 2. The van der Waals surface area contributed by atoms with Crippen molar-refractivity contribution in [3.63, 3.8) is 0 Å². The van der Waals surface area contributed by atoms with Crippen molar-refractivity contribution in [2.24, 2.45) is 5.92 Å². The number of hydrogen-bond donors (Lipinski definition) is 2. The van der Waals surface area contributed by atoms with Crippen molar-refractivity contribution in [1.29, 1.82) is 0 Å². The number of hydrogen-bond acceptors (Lipinski definition) is 6. The van der Waals surface area contributed by atoms with Crippen LogP contribution < -0.4 is 10.6 Å². The maximum atomic E-state index is 13.4. The predicted octanol–water partition coefficient (Wildman–Crippen LogP) is 7.12. The monoisotopic (exact) mass is 550 g/mol. The number of thioether (sulfide) groups is 1. The molecule has 0 fully saturated rings. The number of carbonyl (C=O) groups is 3. The predicted molar refractivity (Wildman–Crippen MR) is 156 cm³/mol. The van der Waals surface area contributed by atoms with E-state index in [1.54, 1.807) is 19.1 Å². The molecule has 2 atom stereocenters. The van der Waals surface area contributed by atoms with E-state index in [2.05, 4.69) is 17.6 Å². The molecule has 0 bridgehead atoms. The van der Waals surface area contributed by atoms with E-state index in [-0.39, 0.29) is 29.6 Å². The first-order valence-corrected chi connectivity index (χ1v) is 14.8. The highest BCUT2D eigenvalue weighted by Crippen LogP contribution is 2.40. The van der Waals surface area contributed by atoms with Gasteiger partial charge in [-0.2, -0.15) is 0 Å². The third-order valence-corrected chi connectivity index (χ3v) is 9.10. The number of benzene rings is 2. The first-order chi connectivity index (χ1) is 18.3. The Morgan fingerprint density at radius 1 is 1.11 bits per heavy atom. The quantitative estimate of drug-likeness (QED) is 0.219. The standard InChI is InChI=1S/C30H34N2O4S2/c1-5-24(37-22-9-7-8-21(17-22)31-27(33)20-13-10-18(3)11-14-20)28(34)32-29-26(30(35)36-6-2)23-15-12-19(4)16-25(23)38-29/h7-11,13-14,17,19,24H,5-6,12,15-16H2,1-4H3,(H,31,33)(H,32,34). The molecule has 0 aliphatic heterocycles. The summed E-state index contributed by atoms with van der Waals surface area (Å²) >= 11 is 2.94. The van der Waals surface area contributed by atoms with Gasteiger partial charge in [0.25, 0.3) is 5.91 Å². The van der Waals surface area contributed by atoms with E-state index in [9.17, 15) is 14.4 Å². The number of nitrogens with one attached hydrogen (secondary N) is 2. The van der Waals surface area contributed by atoms with Crippen LogP contribution in [-0.2, 0) is 22.4 Å². The van der Waals surface area contributed by atoms with Gasteiger partial charge in [-0.25, -0.2) is 4.79 Å². The first-order valence-electron chi connectivity index (χ1n) is 13.1. The average molecular weight is 551 g/mol. The summed E-state index contributed by atoms with van der Waals surface area (Å²) in [4.78, 5) is 40.9. The van der Waals surface area contributed by atoms with Crippen molar-refractivity contribution in [1.82, 2.24) is 0 Å². The number of carbonyl (C=O) groups excluding carboxylic acids is 3. The third kappa shape index (κ3) is 6.66. The van der Waals surface area contributed by atoms with Crippen molar-refractivity contribution in [3.05, 3.63) is 75.7 Å². The Kier molecular flexibility index (Phi) is 9.28. The molecule has 1 aliphatic rings. The SMILES string of the molecule is CCOC(=O)c1c(NC(=O)C(CC)Sc2cccc(NC(=O)c3ccc(C)cc3)c2)sc2c1CCC(C)C2. The topological polar surface area (TPSA) is 84.5 Å². The number of thiophene rings is 1. The van der Waals surface area contributed by atoms with Crippen LogP contribution in [0.2, 0.25) is 0 Å². The van der Waals surface area contributed by atoms with Gasteiger partial charge in [-0.1, -0.05) is 37.6 Å². The lowest BCUT2D eigenvalue weighted by molar-refractivity contribution is -0.115. The number of fused-ring (bicyclic) bond motifs is 1. The van der Waals surface area contributed by atoms with Crippen LogP contribution >= 0.6 is 23.1 Å². The van der Waals surface area contributed by atoms with Crippen LogP contribution in [0.25, 0.3) is 0 Å². The lowest BCUT2D eigenvalue weighted by Gasteiger charge is -2.18. The first kappa shape index (κ1) is 27.9. The minimum absolute atomic E-state index is 0.149. The summed E-state index contributed by atoms with van der Waals surface area (Å²) in [5.41, 5.74) is 3.90. The summed E-state index contributed by atoms with van der Waals surface area (Å²) in [6.07, 6.45) is 3.36. The van der Waals surface area contributed by atoms with Gasteiger partial charge in [0.15, 0.2) is 0 Å². The molecule has 0 spiro atoms. The van der Waals surface area contributed by atoms with Gasteiger partial charge < -0.3 is 15.4 Å². The molecule has 8 heteroatoms. The Hall–Kier alpha value is -3.10. The highest BCUT2D eigenvalue weighted by molar-refractivity contribution is 8.00. The number of rotatable bonds is 9. The number of esters is 1. The number of ether oxygens (including phenoxy) is 1. The van der Waals surface area contributed by atoms with Crippen molar-refractivity contribution >= 4 is 51.6 Å². The molecule has 1 heterocycles. The second-order valence-corrected chi connectivity index (χ2v) is 12.0. The van der Waals surface area contributed by atoms with Gasteiger partial charge in [-0.05, 0) is 81.3 Å². The van der Waals surface area contributed by atoms with Crippen molar-refractivity contribution in [3.8, 4) is 0 Å². The molecule has 2 N–H and O–H groups in total. The molecule has 0 radical (unpaired) electrons. The van der Waals surface area contributed by atoms with Gasteiger partial charge in [0.1, 0.15) is 5.00 Å². The second kappa shape index (κ2) is 12.6. The average Bonchev–Trinajstić information content (AvgIpc) is 3.24. The summed E-state index contributed by atoms with van der Waals surface area (Å²) in [6, 6.07) is 14.9. The second-order valence-electron chi connectivity index (χ2n) is 9.63. The van der Waals surface area contributed by atoms with E-state index in [1.165, 1.54) is 28.0 Å². The van der Waals surface area contributed by atoms with Crippen LogP contribution in [-0.4, -0.2) is 29.6 Å². The van der Waals surface area contributed by atoms with Crippen molar-refractivity contribution in [2.45, 2.75) is 63.5 Å². The molecule has 0 saturated heterocycles. The van der Waals surface area contributed by atoms with Crippen LogP contribution in [0.1, 0.15) is 70.3 Å². The summed E-state index contributed by atoms with van der Waals surface area (Å²) < 4.78 is 5.34. The Labute approximate surface area is 232 Å². The fraction of sp³-hybridized carbons (Fsp3) is 0.367. The minimum Gasteiger partial charge on any atom is -0.462 e. The smallest absolute Gasteiger partial charge is 0.341 e. The van der Waals surface area contributed by atoms with Gasteiger partial charge in [0, 0.05) is 21.0 Å². The highest BCUT2D eigenvalue weighted by atomic mass is 32.2. The minimum atomic E-state index is -0.369. The summed E-state index contributed by atoms with van der Waals surface area (Å²) in [7, 11) is 0. The Balaban J connectivity index is 1.48. The molecule has 0 saturated carbocycles. The van der Waals surface area contributed by atoms with E-state index in [4.69, 9.17) is 4.74 Å². The van der Waals surface area contributed by atoms with E-state index >= 15 is 0 Å². The van der Waals surface area contributed by atoms with Gasteiger partial charge in [0.05, 0.1) is 17.4 Å². The van der Waals surface area contributed by atoms with Crippen LogP contribution in [0.15, 0.2) is 53.4 Å². The molecular weight excluding hydrogens is 516 g/mol. The molecule has 4 rings (SSSR count). The zero-order chi connectivity index (χ0) is 27.2. The Bertz CT molecular complexity index is 1320. The maximum Gasteiger partial charge on any atom is 0.341 e. The lowest BCUT2D eigenvalue weighted by atomic mass is 9.88. The fourth-order valence-corrected chi connectivity index (χ4v) is 6.91. The number of amides is 2. The summed E-state index contributed by atoms with van der Waals surface area (Å²) in [5.74, 6) is -0.145. The maximum absolute atomic E-state index is 13.4. The molecule has 1 aromatic heterocycles. The molecule has 2 unspecified atom stereocenters. The Morgan fingerprint density at radius 3 is 2.58 bits per heavy atom. The van der Waals surface area contributed by atoms with Crippen molar-refractivity contribution in [2.75, 3.05) is 17.2 Å². The van der Waals surface area contributed by atoms with Crippen LogP contribution in [0.5, 0.6) is 0 Å². The van der Waals surface area contributed by atoms with E-state index in [1.807, 2.05) is 50.2 Å². The van der Waals surface area contributed by atoms with Crippen LogP contribution in [0.3, 0.4) is 0 Å². The Morgan fingerprint density at radius 2 is 1.87 bits per heavy atom. The third-order valence-electron chi connectivity index (χ3n) is 6.58. The normalized spacial score (nSPS) is 15.3. The van der Waals surface area contributed by atoms with E-state index in [0.717, 1.165) is 35.3 Å². The molecule has 3 aromatic rings. The van der Waals surface area contributed by atoms with Crippen LogP contribution in [0, 0.1) is 12.8 Å². The van der Waals surface area contributed by atoms with Crippen molar-refractivity contribution < 1.29 is 19.1 Å². The van der Waals surface area contributed by atoms with Gasteiger partial charge >= 0.3 is 5.97 Å². The molecule has 2 aromatic carbocycles. The molecule has 2 amide bonds. The lowest BCUT2D eigenvalue weighted by Crippen LogP contribution is -2.25. The summed E-state index contributed by atoms with van der Waals surface area (Å²) in [5, 5.41) is 6.21. The van der Waals surface area contributed by atoms with Crippen LogP contribution in [0.4, 0.5) is 10.7 Å². The molecule has 200 valence electrons. The zero-order valence-electron chi connectivity index (χ0n) is 22.3. The zero-order valence-corrected chi connectivity index (χ0v) is 23.9.